The maximum Gasteiger partial charge on any atom is 0.225 e. The number of hydrogen-bond acceptors (Lipinski definition) is 4. The molecule has 3 fully saturated rings. The quantitative estimate of drug-likeness (QED) is 0.779. The number of carbonyl (C=O) groups excluding carboxylic acids is 1. The lowest BCUT2D eigenvalue weighted by Gasteiger charge is -2.38. The van der Waals surface area contributed by atoms with Crippen molar-refractivity contribution in [2.75, 3.05) is 26.2 Å². The fourth-order valence-corrected chi connectivity index (χ4v) is 4.42. The van der Waals surface area contributed by atoms with Crippen molar-refractivity contribution < 1.29 is 4.79 Å². The first-order chi connectivity index (χ1) is 11.7. The molecule has 1 aliphatic carbocycles. The van der Waals surface area contributed by atoms with Gasteiger partial charge in [-0.25, -0.2) is 0 Å². The molecule has 6 nitrogen and oxygen atoms in total. The molecular weight excluding hydrogens is 302 g/mol. The molecule has 132 valence electrons. The van der Waals surface area contributed by atoms with E-state index in [-0.39, 0.29) is 12.0 Å². The van der Waals surface area contributed by atoms with Crippen molar-refractivity contribution in [1.29, 1.82) is 0 Å². The van der Waals surface area contributed by atoms with Crippen LogP contribution in [0.4, 0.5) is 0 Å². The van der Waals surface area contributed by atoms with Gasteiger partial charge in [-0.15, -0.1) is 0 Å². The zero-order valence-electron chi connectivity index (χ0n) is 14.3. The summed E-state index contributed by atoms with van der Waals surface area (Å²) in [7, 11) is 0. The Kier molecular flexibility index (Phi) is 4.59. The molecule has 24 heavy (non-hydrogen) atoms. The van der Waals surface area contributed by atoms with Crippen LogP contribution in [-0.2, 0) is 4.79 Å². The summed E-state index contributed by atoms with van der Waals surface area (Å²) in [5.41, 5.74) is 8.31. The van der Waals surface area contributed by atoms with Gasteiger partial charge in [0.05, 0.1) is 5.69 Å². The number of amides is 1. The number of aromatic nitrogens is 2. The number of nitrogens with zero attached hydrogens (tertiary/aromatic N) is 2. The second-order valence-corrected chi connectivity index (χ2v) is 7.80. The lowest BCUT2D eigenvalue weighted by atomic mass is 9.79. The van der Waals surface area contributed by atoms with Crippen molar-refractivity contribution >= 4 is 5.91 Å². The predicted octanol–water partition coefficient (Wildman–Crippen LogP) is 1.32. The van der Waals surface area contributed by atoms with E-state index in [0.717, 1.165) is 51.9 Å². The maximum absolute atomic E-state index is 12.4. The van der Waals surface area contributed by atoms with Gasteiger partial charge in [-0.2, -0.15) is 5.10 Å². The number of piperidine rings is 2. The molecule has 0 radical (unpaired) electrons. The molecule has 4 N–H and O–H groups in total. The van der Waals surface area contributed by atoms with Crippen LogP contribution in [0.2, 0.25) is 0 Å². The molecule has 1 aromatic heterocycles. The molecule has 1 amide bonds. The minimum atomic E-state index is 0.190. The van der Waals surface area contributed by atoms with Gasteiger partial charge in [-0.3, -0.25) is 9.89 Å². The maximum atomic E-state index is 12.4. The van der Waals surface area contributed by atoms with Crippen molar-refractivity contribution in [1.82, 2.24) is 20.4 Å². The van der Waals surface area contributed by atoms with Gasteiger partial charge in [-0.1, -0.05) is 0 Å². The van der Waals surface area contributed by atoms with Gasteiger partial charge in [0.1, 0.15) is 0 Å². The van der Waals surface area contributed by atoms with Crippen LogP contribution in [0.15, 0.2) is 6.07 Å². The summed E-state index contributed by atoms with van der Waals surface area (Å²) in [5.74, 6) is 1.63. The fourth-order valence-electron chi connectivity index (χ4n) is 4.42. The smallest absolute Gasteiger partial charge is 0.225 e. The Morgan fingerprint density at radius 3 is 2.50 bits per heavy atom. The van der Waals surface area contributed by atoms with E-state index in [4.69, 9.17) is 5.73 Å². The Morgan fingerprint density at radius 2 is 1.83 bits per heavy atom. The monoisotopic (exact) mass is 331 g/mol. The highest BCUT2D eigenvalue weighted by Crippen LogP contribution is 2.33. The normalized spacial score (nSPS) is 29.5. The van der Waals surface area contributed by atoms with Crippen molar-refractivity contribution in [2.45, 2.75) is 56.4 Å². The number of rotatable bonds is 3. The van der Waals surface area contributed by atoms with E-state index in [2.05, 4.69) is 26.5 Å². The van der Waals surface area contributed by atoms with E-state index in [1.54, 1.807) is 0 Å². The molecular formula is C18H29N5O. The Labute approximate surface area is 143 Å². The highest BCUT2D eigenvalue weighted by molar-refractivity contribution is 5.80. The van der Waals surface area contributed by atoms with Gasteiger partial charge in [0, 0.05) is 42.6 Å². The summed E-state index contributed by atoms with van der Waals surface area (Å²) >= 11 is 0. The molecule has 0 spiro atoms. The van der Waals surface area contributed by atoms with Gasteiger partial charge < -0.3 is 16.0 Å². The predicted molar refractivity (Wildman–Crippen MR) is 92.7 cm³/mol. The van der Waals surface area contributed by atoms with Crippen LogP contribution in [0.5, 0.6) is 0 Å². The Hall–Kier alpha value is -1.40. The van der Waals surface area contributed by atoms with Crippen molar-refractivity contribution in [2.24, 2.45) is 11.7 Å². The van der Waals surface area contributed by atoms with Crippen LogP contribution < -0.4 is 11.1 Å². The Bertz CT molecular complexity index is 566. The first-order valence-corrected chi connectivity index (χ1v) is 9.51. The standard InChI is InChI=1S/C18H29N5O/c19-15-9-14(10-15)18(24)23-7-3-13(4-8-23)17-11-16(21-22-17)12-1-5-20-6-2-12/h11-15,20H,1-10,19H2,(H,21,22). The number of likely N-dealkylation sites (tertiary alicyclic amines) is 1. The number of carbonyl (C=O) groups is 1. The topological polar surface area (TPSA) is 87.0 Å². The molecule has 0 atom stereocenters. The zero-order chi connectivity index (χ0) is 16.5. The molecule has 3 heterocycles. The van der Waals surface area contributed by atoms with E-state index in [9.17, 15) is 4.79 Å². The third-order valence-corrected chi connectivity index (χ3v) is 6.15. The van der Waals surface area contributed by atoms with E-state index >= 15 is 0 Å². The number of H-pyrrole nitrogens is 1. The summed E-state index contributed by atoms with van der Waals surface area (Å²) in [6, 6.07) is 2.53. The van der Waals surface area contributed by atoms with Crippen LogP contribution in [0, 0.1) is 5.92 Å². The van der Waals surface area contributed by atoms with Crippen LogP contribution in [0.25, 0.3) is 0 Å². The van der Waals surface area contributed by atoms with Crippen molar-refractivity contribution in [3.8, 4) is 0 Å². The van der Waals surface area contributed by atoms with Gasteiger partial charge in [0.25, 0.3) is 0 Å². The molecule has 0 aromatic carbocycles. The van der Waals surface area contributed by atoms with Gasteiger partial charge in [0.2, 0.25) is 5.91 Å². The Balaban J connectivity index is 1.31. The van der Waals surface area contributed by atoms with E-state index < -0.39 is 0 Å². The van der Waals surface area contributed by atoms with Crippen LogP contribution >= 0.6 is 0 Å². The minimum Gasteiger partial charge on any atom is -0.342 e. The van der Waals surface area contributed by atoms with Crippen LogP contribution in [0.3, 0.4) is 0 Å². The first kappa shape index (κ1) is 16.1. The van der Waals surface area contributed by atoms with E-state index in [1.165, 1.54) is 24.2 Å². The second kappa shape index (κ2) is 6.84. The number of hydrogen-bond donors (Lipinski definition) is 3. The SMILES string of the molecule is NC1CC(C(=O)N2CCC(c3cc(C4CCNCC4)n[nH]3)CC2)C1. The van der Waals surface area contributed by atoms with Crippen molar-refractivity contribution in [3.05, 3.63) is 17.5 Å². The molecule has 0 unspecified atom stereocenters. The van der Waals surface area contributed by atoms with Crippen LogP contribution in [0.1, 0.15) is 61.7 Å². The fraction of sp³-hybridized carbons (Fsp3) is 0.778. The molecule has 3 aliphatic rings. The van der Waals surface area contributed by atoms with E-state index in [1.807, 2.05) is 0 Å². The third kappa shape index (κ3) is 3.22. The summed E-state index contributed by atoms with van der Waals surface area (Å²) in [6.45, 7) is 3.93. The minimum absolute atomic E-state index is 0.190. The molecule has 0 bridgehead atoms. The molecule has 1 aromatic rings. The highest BCUT2D eigenvalue weighted by atomic mass is 16.2. The molecule has 2 aliphatic heterocycles. The largest absolute Gasteiger partial charge is 0.342 e. The summed E-state index contributed by atoms with van der Waals surface area (Å²) in [6.07, 6.45) is 6.19. The highest BCUT2D eigenvalue weighted by Gasteiger charge is 2.36. The average molecular weight is 331 g/mol. The molecule has 6 heteroatoms. The lowest BCUT2D eigenvalue weighted by Crippen LogP contribution is -2.48. The first-order valence-electron chi connectivity index (χ1n) is 9.51. The van der Waals surface area contributed by atoms with Gasteiger partial charge in [0.15, 0.2) is 0 Å². The third-order valence-electron chi connectivity index (χ3n) is 6.15. The van der Waals surface area contributed by atoms with E-state index in [0.29, 0.717) is 17.7 Å². The Morgan fingerprint density at radius 1 is 1.12 bits per heavy atom. The lowest BCUT2D eigenvalue weighted by molar-refractivity contribution is -0.139. The molecule has 1 saturated carbocycles. The van der Waals surface area contributed by atoms with Gasteiger partial charge >= 0.3 is 0 Å². The summed E-state index contributed by atoms with van der Waals surface area (Å²) in [5, 5.41) is 11.3. The zero-order valence-corrected chi connectivity index (χ0v) is 14.3. The summed E-state index contributed by atoms with van der Waals surface area (Å²) in [4.78, 5) is 14.5. The number of nitrogens with two attached hydrogens (primary N) is 1. The number of nitrogens with one attached hydrogen (secondary N) is 2. The average Bonchev–Trinajstić information content (AvgIpc) is 3.09. The number of aromatic amines is 1. The second-order valence-electron chi connectivity index (χ2n) is 7.80. The van der Waals surface area contributed by atoms with Crippen molar-refractivity contribution in [3.63, 3.8) is 0 Å². The summed E-state index contributed by atoms with van der Waals surface area (Å²) < 4.78 is 0. The van der Waals surface area contributed by atoms with Gasteiger partial charge in [-0.05, 0) is 57.7 Å². The van der Waals surface area contributed by atoms with Crippen LogP contribution in [-0.4, -0.2) is 53.2 Å². The molecule has 2 saturated heterocycles. The molecule has 4 rings (SSSR count).